The summed E-state index contributed by atoms with van der Waals surface area (Å²) < 4.78 is 5.07. The molecule has 0 aliphatic heterocycles. The summed E-state index contributed by atoms with van der Waals surface area (Å²) in [6.45, 7) is 0. The molecule has 84 valence electrons. The summed E-state index contributed by atoms with van der Waals surface area (Å²) in [5.74, 6) is 0.0892. The van der Waals surface area contributed by atoms with Crippen molar-refractivity contribution in [3.63, 3.8) is 0 Å². The Morgan fingerprint density at radius 1 is 1.56 bits per heavy atom. The van der Waals surface area contributed by atoms with Crippen molar-refractivity contribution in [3.8, 4) is 0 Å². The molecule has 0 aromatic carbocycles. The van der Waals surface area contributed by atoms with Gasteiger partial charge in [-0.05, 0) is 6.07 Å². The van der Waals surface area contributed by atoms with Gasteiger partial charge in [-0.3, -0.25) is 9.69 Å². The van der Waals surface area contributed by atoms with Gasteiger partial charge < -0.3 is 9.40 Å². The molecule has 0 spiro atoms. The average Bonchev–Trinajstić information content (AvgIpc) is 2.87. The van der Waals surface area contributed by atoms with Crippen molar-refractivity contribution < 1.29 is 9.21 Å². The van der Waals surface area contributed by atoms with E-state index in [9.17, 15) is 4.79 Å². The largest absolute Gasteiger partial charge is 0.448 e. The monoisotopic (exact) mass is 259 g/mol. The third kappa shape index (κ3) is 1.91. The van der Waals surface area contributed by atoms with E-state index in [0.29, 0.717) is 5.88 Å². The number of carbonyl (C=O) groups excluding carboxylic acids is 1. The van der Waals surface area contributed by atoms with E-state index in [0.717, 1.165) is 0 Å². The normalized spacial score (nSPS) is 10.4. The molecule has 2 heterocycles. The minimum absolute atomic E-state index is 0.0638. The lowest BCUT2D eigenvalue weighted by molar-refractivity contribution is 0.0980. The lowest BCUT2D eigenvalue weighted by Crippen LogP contribution is -2.26. The van der Waals surface area contributed by atoms with Gasteiger partial charge in [0.1, 0.15) is 5.15 Å². The van der Waals surface area contributed by atoms with Gasteiger partial charge >= 0.3 is 0 Å². The fourth-order valence-electron chi connectivity index (χ4n) is 1.15. The number of hydrogen-bond donors (Lipinski definition) is 1. The number of nitrogens with one attached hydrogen (secondary N) is 1. The second-order valence-corrected chi connectivity index (χ2v) is 3.74. The van der Waals surface area contributed by atoms with Gasteiger partial charge in [0.2, 0.25) is 5.88 Å². The predicted octanol–water partition coefficient (Wildman–Crippen LogP) is 2.59. The predicted molar refractivity (Wildman–Crippen MR) is 60.0 cm³/mol. The van der Waals surface area contributed by atoms with Crippen molar-refractivity contribution in [2.45, 2.75) is 0 Å². The molecule has 0 saturated heterocycles. The molecule has 0 atom stereocenters. The van der Waals surface area contributed by atoms with E-state index in [2.05, 4.69) is 9.97 Å². The first kappa shape index (κ1) is 11.0. The summed E-state index contributed by atoms with van der Waals surface area (Å²) >= 11 is 11.3. The maximum absolute atomic E-state index is 11.9. The van der Waals surface area contributed by atoms with Crippen LogP contribution in [0.15, 0.2) is 22.8 Å². The van der Waals surface area contributed by atoms with Crippen LogP contribution in [0.4, 0.5) is 5.88 Å². The van der Waals surface area contributed by atoms with E-state index in [1.165, 1.54) is 11.2 Å². The van der Waals surface area contributed by atoms with Crippen LogP contribution in [0, 0.1) is 0 Å². The third-order valence-electron chi connectivity index (χ3n) is 1.96. The summed E-state index contributed by atoms with van der Waals surface area (Å²) in [5.41, 5.74) is 0. The lowest BCUT2D eigenvalue weighted by atomic mass is 10.5. The van der Waals surface area contributed by atoms with Crippen molar-refractivity contribution in [1.82, 2.24) is 9.97 Å². The first-order valence-corrected chi connectivity index (χ1v) is 5.07. The Labute approximate surface area is 101 Å². The molecule has 0 bridgehead atoms. The van der Waals surface area contributed by atoms with Gasteiger partial charge in [0.25, 0.3) is 5.91 Å². The van der Waals surface area contributed by atoms with Crippen LogP contribution in [0.1, 0.15) is 10.6 Å². The third-order valence-corrected chi connectivity index (χ3v) is 2.61. The molecule has 1 amide bonds. The molecule has 2 aromatic rings. The zero-order chi connectivity index (χ0) is 11.7. The van der Waals surface area contributed by atoms with Crippen LogP contribution in [-0.4, -0.2) is 22.9 Å². The van der Waals surface area contributed by atoms with Crippen LogP contribution >= 0.6 is 23.2 Å². The minimum atomic E-state index is -0.385. The SMILES string of the molecule is CN(C(=O)c1nc(Cl)c(Cl)[nH]1)c1ccco1. The standard InChI is InChI=1S/C9H7Cl2N3O2/c1-14(5-3-2-4-16-5)9(15)8-12-6(10)7(11)13-8/h2-4H,1H3,(H,12,13). The number of halogens is 2. The molecular weight excluding hydrogens is 253 g/mol. The number of carbonyl (C=O) groups is 1. The molecule has 0 aliphatic rings. The van der Waals surface area contributed by atoms with Crippen LogP contribution in [-0.2, 0) is 0 Å². The number of hydrogen-bond acceptors (Lipinski definition) is 3. The number of nitrogens with zero attached hydrogens (tertiary/aromatic N) is 2. The van der Waals surface area contributed by atoms with Crippen LogP contribution in [0.5, 0.6) is 0 Å². The summed E-state index contributed by atoms with van der Waals surface area (Å²) in [6.07, 6.45) is 1.47. The van der Waals surface area contributed by atoms with E-state index in [-0.39, 0.29) is 22.0 Å². The fraction of sp³-hybridized carbons (Fsp3) is 0.111. The molecule has 2 rings (SSSR count). The van der Waals surface area contributed by atoms with Crippen LogP contribution in [0.25, 0.3) is 0 Å². The van der Waals surface area contributed by atoms with E-state index in [4.69, 9.17) is 27.6 Å². The van der Waals surface area contributed by atoms with Crippen molar-refractivity contribution in [2.24, 2.45) is 0 Å². The van der Waals surface area contributed by atoms with Crippen LogP contribution in [0.3, 0.4) is 0 Å². The Morgan fingerprint density at radius 3 is 2.81 bits per heavy atom. The van der Waals surface area contributed by atoms with Crippen molar-refractivity contribution >= 4 is 35.0 Å². The van der Waals surface area contributed by atoms with E-state index >= 15 is 0 Å². The van der Waals surface area contributed by atoms with Crippen LogP contribution in [0.2, 0.25) is 10.3 Å². The first-order valence-electron chi connectivity index (χ1n) is 4.32. The van der Waals surface area contributed by atoms with E-state index in [1.807, 2.05) is 0 Å². The maximum atomic E-state index is 11.9. The molecular formula is C9H7Cl2N3O2. The number of aromatic nitrogens is 2. The molecule has 0 aliphatic carbocycles. The van der Waals surface area contributed by atoms with E-state index < -0.39 is 0 Å². The van der Waals surface area contributed by atoms with Gasteiger partial charge in [-0.1, -0.05) is 23.2 Å². The fourth-order valence-corrected chi connectivity index (χ4v) is 1.42. The number of aromatic amines is 1. The Kier molecular flexibility index (Phi) is 2.89. The topological polar surface area (TPSA) is 62.1 Å². The van der Waals surface area contributed by atoms with Gasteiger partial charge in [0, 0.05) is 13.1 Å². The van der Waals surface area contributed by atoms with E-state index in [1.54, 1.807) is 19.2 Å². The zero-order valence-electron chi connectivity index (χ0n) is 8.20. The average molecular weight is 260 g/mol. The highest BCUT2D eigenvalue weighted by Crippen LogP contribution is 2.20. The molecule has 0 radical (unpaired) electrons. The minimum Gasteiger partial charge on any atom is -0.448 e. The van der Waals surface area contributed by atoms with Crippen molar-refractivity contribution in [1.29, 1.82) is 0 Å². The van der Waals surface area contributed by atoms with Crippen molar-refractivity contribution in [2.75, 3.05) is 11.9 Å². The lowest BCUT2D eigenvalue weighted by Gasteiger charge is -2.11. The number of anilines is 1. The quantitative estimate of drug-likeness (QED) is 0.902. The molecule has 5 nitrogen and oxygen atoms in total. The summed E-state index contributed by atoms with van der Waals surface area (Å²) in [4.78, 5) is 19.5. The second kappa shape index (κ2) is 4.19. The molecule has 16 heavy (non-hydrogen) atoms. The van der Waals surface area contributed by atoms with Gasteiger partial charge in [-0.2, -0.15) is 0 Å². The second-order valence-electron chi connectivity index (χ2n) is 3.01. The van der Waals surface area contributed by atoms with Gasteiger partial charge in [-0.25, -0.2) is 4.98 Å². The Morgan fingerprint density at radius 2 is 2.31 bits per heavy atom. The number of rotatable bonds is 2. The number of H-pyrrole nitrogens is 1. The van der Waals surface area contributed by atoms with Crippen LogP contribution < -0.4 is 4.90 Å². The Balaban J connectivity index is 2.26. The summed E-state index contributed by atoms with van der Waals surface area (Å²) in [7, 11) is 1.56. The molecule has 0 unspecified atom stereocenters. The Hall–Kier alpha value is -1.46. The highest BCUT2D eigenvalue weighted by molar-refractivity contribution is 6.40. The highest BCUT2D eigenvalue weighted by atomic mass is 35.5. The molecule has 0 saturated carbocycles. The number of imidazole rings is 1. The Bertz CT molecular complexity index is 487. The number of furan rings is 1. The smallest absolute Gasteiger partial charge is 0.296 e. The highest BCUT2D eigenvalue weighted by Gasteiger charge is 2.20. The maximum Gasteiger partial charge on any atom is 0.296 e. The molecule has 0 fully saturated rings. The van der Waals surface area contributed by atoms with Gasteiger partial charge in [0.15, 0.2) is 11.0 Å². The summed E-state index contributed by atoms with van der Waals surface area (Å²) in [5, 5.41) is 0.204. The first-order chi connectivity index (χ1) is 7.59. The van der Waals surface area contributed by atoms with Gasteiger partial charge in [-0.15, -0.1) is 0 Å². The number of amides is 1. The van der Waals surface area contributed by atoms with Crippen molar-refractivity contribution in [3.05, 3.63) is 34.5 Å². The molecule has 2 aromatic heterocycles. The zero-order valence-corrected chi connectivity index (χ0v) is 9.71. The summed E-state index contributed by atoms with van der Waals surface area (Å²) in [6, 6.07) is 3.34. The molecule has 1 N–H and O–H groups in total. The molecule has 7 heteroatoms. The van der Waals surface area contributed by atoms with Gasteiger partial charge in [0.05, 0.1) is 6.26 Å².